The molecule has 2 N–H and O–H groups in total. The molecule has 79 heavy (non-hydrogen) atoms. The van der Waals surface area contributed by atoms with Crippen molar-refractivity contribution in [1.82, 2.24) is 25.1 Å². The molecule has 0 bridgehead atoms. The molecule has 1 saturated carbocycles. The van der Waals surface area contributed by atoms with Gasteiger partial charge in [-0.05, 0) is 149 Å². The summed E-state index contributed by atoms with van der Waals surface area (Å²) in [7, 11) is 0. The van der Waals surface area contributed by atoms with Crippen molar-refractivity contribution in [3.63, 3.8) is 0 Å². The van der Waals surface area contributed by atoms with Gasteiger partial charge in [-0.2, -0.15) is 0 Å². The van der Waals surface area contributed by atoms with Crippen molar-refractivity contribution in [2.24, 2.45) is 5.92 Å². The number of carbonyl (C=O) groups excluding carboxylic acids is 7. The SMILES string of the molecule is Cc1c(O[C@H]2CC[C@H](CCC(=O)N3CCN(c4cc5c(cc4F)C(=O)N(C4CCC(=O)NC4=O)C5=O)CC3)CC2)cccc1-c1ccc(N2CCc3cccc(C(=O)Nc4nc5ccccc5s4)c3C2)nc1C(=O)OC(C)(C)C. The van der Waals surface area contributed by atoms with E-state index in [2.05, 4.69) is 26.6 Å². The lowest BCUT2D eigenvalue weighted by molar-refractivity contribution is -0.136. The Labute approximate surface area is 460 Å². The molecule has 2 aromatic heterocycles. The number of para-hydroxylation sites is 1. The predicted molar refractivity (Wildman–Crippen MR) is 296 cm³/mol. The van der Waals surface area contributed by atoms with Crippen LogP contribution < -0.4 is 25.2 Å². The molecule has 11 rings (SSSR count). The van der Waals surface area contributed by atoms with Crippen LogP contribution in [0.3, 0.4) is 0 Å². The first-order valence-electron chi connectivity index (χ1n) is 27.1. The summed E-state index contributed by atoms with van der Waals surface area (Å²) < 4.78 is 29.2. The summed E-state index contributed by atoms with van der Waals surface area (Å²) in [4.78, 5) is 108. The molecule has 1 unspecified atom stereocenters. The van der Waals surface area contributed by atoms with E-state index < -0.39 is 47.1 Å². The average molecular weight is 1090 g/mol. The fraction of sp³-hybridized carbons (Fsp3) is 0.383. The smallest absolute Gasteiger partial charge is 0.358 e. The van der Waals surface area contributed by atoms with Gasteiger partial charge in [0.15, 0.2) is 10.8 Å². The van der Waals surface area contributed by atoms with Crippen LogP contribution in [0, 0.1) is 18.7 Å². The highest BCUT2D eigenvalue weighted by molar-refractivity contribution is 7.22. The zero-order valence-electron chi connectivity index (χ0n) is 44.6. The van der Waals surface area contributed by atoms with Gasteiger partial charge < -0.3 is 24.2 Å². The number of hydrogen-bond donors (Lipinski definition) is 2. The molecular formula is C60H61FN8O9S. The van der Waals surface area contributed by atoms with Crippen LogP contribution in [0.1, 0.15) is 130 Å². The third-order valence-corrected chi connectivity index (χ3v) is 16.7. The van der Waals surface area contributed by atoms with Crippen molar-refractivity contribution >= 4 is 79.6 Å². The molecule has 19 heteroatoms. The number of ether oxygens (including phenoxy) is 2. The number of nitrogens with one attached hydrogen (secondary N) is 2. The zero-order chi connectivity index (χ0) is 55.3. The van der Waals surface area contributed by atoms with Crippen LogP contribution in [0.2, 0.25) is 0 Å². The highest BCUT2D eigenvalue weighted by Gasteiger charge is 2.45. The van der Waals surface area contributed by atoms with Crippen molar-refractivity contribution in [3.8, 4) is 16.9 Å². The lowest BCUT2D eigenvalue weighted by atomic mass is 9.84. The second kappa shape index (κ2) is 21.6. The number of rotatable bonds is 12. The van der Waals surface area contributed by atoms with Crippen LogP contribution in [0.25, 0.3) is 21.3 Å². The minimum absolute atomic E-state index is 0.00288. The first kappa shape index (κ1) is 53.0. The van der Waals surface area contributed by atoms with Gasteiger partial charge >= 0.3 is 5.97 Å². The summed E-state index contributed by atoms with van der Waals surface area (Å²) in [5.41, 5.74) is 5.08. The van der Waals surface area contributed by atoms with Gasteiger partial charge in [0.2, 0.25) is 17.7 Å². The van der Waals surface area contributed by atoms with Gasteiger partial charge in [0.1, 0.15) is 29.0 Å². The second-order valence-corrected chi connectivity index (χ2v) is 23.0. The molecule has 4 aliphatic heterocycles. The van der Waals surface area contributed by atoms with E-state index >= 15 is 4.39 Å². The Morgan fingerprint density at radius 2 is 1.53 bits per heavy atom. The largest absolute Gasteiger partial charge is 0.490 e. The van der Waals surface area contributed by atoms with Gasteiger partial charge in [0.05, 0.1) is 33.1 Å². The number of halogens is 1. The number of benzene rings is 4. The number of piperidine rings is 1. The Bertz CT molecular complexity index is 3440. The van der Waals surface area contributed by atoms with E-state index in [1.165, 1.54) is 17.4 Å². The van der Waals surface area contributed by atoms with E-state index in [0.29, 0.717) is 85.9 Å². The number of anilines is 3. The molecule has 0 radical (unpaired) electrons. The minimum atomic E-state index is -1.15. The fourth-order valence-electron chi connectivity index (χ4n) is 11.6. The van der Waals surface area contributed by atoms with E-state index in [0.717, 1.165) is 75.5 Å². The lowest BCUT2D eigenvalue weighted by Crippen LogP contribution is -2.54. The Hall–Kier alpha value is -8.06. The maximum atomic E-state index is 15.6. The fourth-order valence-corrected chi connectivity index (χ4v) is 12.4. The van der Waals surface area contributed by atoms with E-state index in [-0.39, 0.29) is 53.3 Å². The number of thiazole rings is 1. The standard InChI is InChI=1S/C60H61FN8O9S/c1-34-38(39-20-22-50(63-53(39)58(76)78-60(2,3)4)68-26-25-36-9-7-11-40(43(36)33-68)54(72)65-59-62-45-12-5-6-14-49(45)79-59)10-8-13-48(34)77-37-18-15-35(16-19-37)17-24-52(71)67-29-27-66(28-30-67)47-32-42-41(31-44(47)61)56(74)69(57(42)75)46-21-23-51(70)64-55(46)73/h5-14,20,22,31-32,35,37,46H,15-19,21,23-30,33H2,1-4H3,(H,62,65,72)(H,64,70,73)/t35-,37-,46?. The van der Waals surface area contributed by atoms with Crippen molar-refractivity contribution < 1.29 is 47.4 Å². The molecule has 0 spiro atoms. The van der Waals surface area contributed by atoms with Gasteiger partial charge in [0, 0.05) is 63.2 Å². The number of aromatic nitrogens is 2. The zero-order valence-corrected chi connectivity index (χ0v) is 45.4. The summed E-state index contributed by atoms with van der Waals surface area (Å²) in [5, 5.41) is 5.72. The second-order valence-electron chi connectivity index (χ2n) is 22.0. The van der Waals surface area contributed by atoms with Crippen molar-refractivity contribution in [3.05, 3.63) is 130 Å². The van der Waals surface area contributed by atoms with E-state index in [1.54, 1.807) is 9.80 Å². The van der Waals surface area contributed by atoms with Crippen LogP contribution in [-0.4, -0.2) is 112 Å². The molecule has 1 atom stereocenters. The topological polar surface area (TPSA) is 201 Å². The summed E-state index contributed by atoms with van der Waals surface area (Å²) in [5.74, 6) is -2.46. The van der Waals surface area contributed by atoms with Crippen LogP contribution in [0.5, 0.6) is 5.75 Å². The third kappa shape index (κ3) is 10.9. The van der Waals surface area contributed by atoms with Gasteiger partial charge in [-0.3, -0.25) is 44.3 Å². The first-order chi connectivity index (χ1) is 38.0. The molecule has 3 fully saturated rings. The minimum Gasteiger partial charge on any atom is -0.490 e. The molecular weight excluding hydrogens is 1030 g/mol. The molecule has 6 heterocycles. The van der Waals surface area contributed by atoms with Crippen molar-refractivity contribution in [1.29, 1.82) is 0 Å². The molecule has 6 amide bonds. The maximum absolute atomic E-state index is 15.6. The average Bonchev–Trinajstić information content (AvgIpc) is 4.18. The van der Waals surface area contributed by atoms with Crippen molar-refractivity contribution in [2.45, 2.75) is 110 Å². The van der Waals surface area contributed by atoms with Gasteiger partial charge in [0.25, 0.3) is 17.7 Å². The maximum Gasteiger partial charge on any atom is 0.358 e. The molecule has 6 aromatic rings. The van der Waals surface area contributed by atoms with Gasteiger partial charge in [-0.1, -0.05) is 47.7 Å². The molecule has 408 valence electrons. The summed E-state index contributed by atoms with van der Waals surface area (Å²) in [6.45, 7) is 9.91. The van der Waals surface area contributed by atoms with E-state index in [9.17, 15) is 33.6 Å². The van der Waals surface area contributed by atoms with E-state index in [1.807, 2.05) is 94.4 Å². The number of esters is 1. The third-order valence-electron chi connectivity index (χ3n) is 15.7. The van der Waals surface area contributed by atoms with Crippen LogP contribution >= 0.6 is 11.3 Å². The number of nitrogens with zero attached hydrogens (tertiary/aromatic N) is 6. The number of amides is 6. The Morgan fingerprint density at radius 3 is 2.28 bits per heavy atom. The number of imide groups is 2. The van der Waals surface area contributed by atoms with Gasteiger partial charge in [-0.15, -0.1) is 0 Å². The Balaban J connectivity index is 0.698. The summed E-state index contributed by atoms with van der Waals surface area (Å²) >= 11 is 1.43. The van der Waals surface area contributed by atoms with Crippen LogP contribution in [-0.2, 0) is 32.1 Å². The molecule has 5 aliphatic rings. The van der Waals surface area contributed by atoms with Crippen LogP contribution in [0.15, 0.2) is 84.9 Å². The van der Waals surface area contributed by atoms with Gasteiger partial charge in [-0.25, -0.2) is 19.2 Å². The highest BCUT2D eigenvalue weighted by atomic mass is 32.1. The lowest BCUT2D eigenvalue weighted by Gasteiger charge is -2.36. The molecule has 2 saturated heterocycles. The number of fused-ring (bicyclic) bond motifs is 3. The number of hydrogen-bond acceptors (Lipinski definition) is 14. The molecule has 4 aromatic carbocycles. The van der Waals surface area contributed by atoms with Crippen LogP contribution in [0.4, 0.5) is 21.0 Å². The predicted octanol–water partition coefficient (Wildman–Crippen LogP) is 9.04. The first-order valence-corrected chi connectivity index (χ1v) is 27.9. The normalized spacial score (nSPS) is 19.5. The molecule has 1 aliphatic carbocycles. The number of piperazine rings is 1. The summed E-state index contributed by atoms with van der Waals surface area (Å²) in [6.07, 6.45) is 5.18. The van der Waals surface area contributed by atoms with Crippen molar-refractivity contribution in [2.75, 3.05) is 47.8 Å². The van der Waals surface area contributed by atoms with E-state index in [4.69, 9.17) is 14.5 Å². The Kier molecular flexibility index (Phi) is 14.5. The summed E-state index contributed by atoms with van der Waals surface area (Å²) in [6, 6.07) is 24.5. The monoisotopic (exact) mass is 1090 g/mol. The number of pyridine rings is 1. The molecule has 17 nitrogen and oxygen atoms in total. The Morgan fingerprint density at radius 1 is 0.785 bits per heavy atom. The number of carbonyl (C=O) groups is 7. The quantitative estimate of drug-likeness (QED) is 0.0870. The highest BCUT2D eigenvalue weighted by Crippen LogP contribution is 2.39.